The lowest BCUT2D eigenvalue weighted by atomic mass is 9.61. The molecule has 0 aromatic rings. The fraction of sp³-hybridized carbons (Fsp3) is 0.778. The summed E-state index contributed by atoms with van der Waals surface area (Å²) in [7, 11) is 0. The molecular formula is C9H12O2. The SMILES string of the molecule is CC1CC(=O)C2CCC2C1=O. The van der Waals surface area contributed by atoms with Gasteiger partial charge in [0.1, 0.15) is 11.6 Å². The second-order valence-electron chi connectivity index (χ2n) is 3.76. The van der Waals surface area contributed by atoms with Gasteiger partial charge in [0.15, 0.2) is 0 Å². The molecule has 0 aromatic heterocycles. The number of rotatable bonds is 0. The monoisotopic (exact) mass is 152 g/mol. The lowest BCUT2D eigenvalue weighted by Gasteiger charge is -2.40. The van der Waals surface area contributed by atoms with E-state index in [1.807, 2.05) is 6.92 Å². The summed E-state index contributed by atoms with van der Waals surface area (Å²) in [5.41, 5.74) is 0. The number of Topliss-reactive ketones (excluding diaryl/α,β-unsaturated/α-hetero) is 2. The highest BCUT2D eigenvalue weighted by Gasteiger charge is 2.46. The van der Waals surface area contributed by atoms with E-state index in [2.05, 4.69) is 0 Å². The first-order valence-corrected chi connectivity index (χ1v) is 4.26. The van der Waals surface area contributed by atoms with Crippen LogP contribution in [-0.2, 0) is 9.59 Å². The summed E-state index contributed by atoms with van der Waals surface area (Å²) >= 11 is 0. The maximum Gasteiger partial charge on any atom is 0.139 e. The molecule has 2 aliphatic carbocycles. The molecule has 0 aliphatic heterocycles. The van der Waals surface area contributed by atoms with E-state index < -0.39 is 0 Å². The van der Waals surface area contributed by atoms with Gasteiger partial charge in [-0.1, -0.05) is 6.92 Å². The molecule has 2 aliphatic rings. The van der Waals surface area contributed by atoms with Gasteiger partial charge in [-0.2, -0.15) is 0 Å². The van der Waals surface area contributed by atoms with Crippen LogP contribution in [0.25, 0.3) is 0 Å². The molecule has 3 unspecified atom stereocenters. The first-order chi connectivity index (χ1) is 5.20. The highest BCUT2D eigenvalue weighted by Crippen LogP contribution is 2.42. The predicted octanol–water partition coefficient (Wildman–Crippen LogP) is 1.19. The maximum atomic E-state index is 11.4. The van der Waals surface area contributed by atoms with Gasteiger partial charge in [0.2, 0.25) is 0 Å². The molecule has 0 aromatic carbocycles. The Morgan fingerprint density at radius 3 is 2.36 bits per heavy atom. The third-order valence-electron chi connectivity index (χ3n) is 3.05. The lowest BCUT2D eigenvalue weighted by molar-refractivity contribution is -0.147. The Bertz CT molecular complexity index is 220. The molecular weight excluding hydrogens is 140 g/mol. The van der Waals surface area contributed by atoms with Crippen molar-refractivity contribution in [3.05, 3.63) is 0 Å². The third kappa shape index (κ3) is 0.849. The van der Waals surface area contributed by atoms with Crippen molar-refractivity contribution >= 4 is 11.6 Å². The zero-order chi connectivity index (χ0) is 8.01. The fourth-order valence-corrected chi connectivity index (χ4v) is 2.15. The predicted molar refractivity (Wildman–Crippen MR) is 40.0 cm³/mol. The highest BCUT2D eigenvalue weighted by molar-refractivity contribution is 5.98. The molecule has 0 N–H and O–H groups in total. The third-order valence-corrected chi connectivity index (χ3v) is 3.05. The van der Waals surface area contributed by atoms with Crippen LogP contribution in [0.3, 0.4) is 0 Å². The van der Waals surface area contributed by atoms with E-state index >= 15 is 0 Å². The first-order valence-electron chi connectivity index (χ1n) is 4.26. The zero-order valence-electron chi connectivity index (χ0n) is 6.67. The summed E-state index contributed by atoms with van der Waals surface area (Å²) in [6.07, 6.45) is 2.42. The molecule has 2 rings (SSSR count). The summed E-state index contributed by atoms with van der Waals surface area (Å²) in [5, 5.41) is 0. The molecule has 0 spiro atoms. The van der Waals surface area contributed by atoms with E-state index in [1.165, 1.54) is 0 Å². The lowest BCUT2D eigenvalue weighted by Crippen LogP contribution is -2.46. The quantitative estimate of drug-likeness (QED) is 0.522. The summed E-state index contributed by atoms with van der Waals surface area (Å²) in [4.78, 5) is 22.6. The van der Waals surface area contributed by atoms with E-state index in [0.29, 0.717) is 18.0 Å². The Hall–Kier alpha value is -0.660. The van der Waals surface area contributed by atoms with Crippen LogP contribution in [0, 0.1) is 17.8 Å². The van der Waals surface area contributed by atoms with Gasteiger partial charge in [-0.15, -0.1) is 0 Å². The smallest absolute Gasteiger partial charge is 0.139 e. The molecule has 3 atom stereocenters. The van der Waals surface area contributed by atoms with Crippen molar-refractivity contribution in [2.45, 2.75) is 26.2 Å². The molecule has 0 heterocycles. The van der Waals surface area contributed by atoms with Crippen molar-refractivity contribution in [1.29, 1.82) is 0 Å². The van der Waals surface area contributed by atoms with Gasteiger partial charge in [0.25, 0.3) is 0 Å². The van der Waals surface area contributed by atoms with Crippen LogP contribution in [0.1, 0.15) is 26.2 Å². The molecule has 0 amide bonds. The largest absolute Gasteiger partial charge is 0.299 e. The van der Waals surface area contributed by atoms with Crippen LogP contribution in [0.4, 0.5) is 0 Å². The minimum atomic E-state index is 0.00375. The van der Waals surface area contributed by atoms with E-state index in [1.54, 1.807) is 0 Å². The summed E-state index contributed by atoms with van der Waals surface area (Å²) in [6.45, 7) is 1.87. The van der Waals surface area contributed by atoms with Crippen molar-refractivity contribution in [3.8, 4) is 0 Å². The minimum absolute atomic E-state index is 0.00375. The van der Waals surface area contributed by atoms with Gasteiger partial charge in [0, 0.05) is 24.2 Å². The van der Waals surface area contributed by atoms with Crippen LogP contribution in [0.15, 0.2) is 0 Å². The summed E-state index contributed by atoms with van der Waals surface area (Å²) in [6, 6.07) is 0. The molecule has 0 bridgehead atoms. The molecule has 60 valence electrons. The van der Waals surface area contributed by atoms with Crippen molar-refractivity contribution in [3.63, 3.8) is 0 Å². The Kier molecular flexibility index (Phi) is 1.38. The van der Waals surface area contributed by atoms with Gasteiger partial charge < -0.3 is 0 Å². The minimum Gasteiger partial charge on any atom is -0.299 e. The molecule has 2 nitrogen and oxygen atoms in total. The van der Waals surface area contributed by atoms with Gasteiger partial charge >= 0.3 is 0 Å². The van der Waals surface area contributed by atoms with E-state index in [-0.39, 0.29) is 17.8 Å². The highest BCUT2D eigenvalue weighted by atomic mass is 16.1. The van der Waals surface area contributed by atoms with Crippen LogP contribution in [0.2, 0.25) is 0 Å². The van der Waals surface area contributed by atoms with Gasteiger partial charge in [-0.3, -0.25) is 9.59 Å². The maximum absolute atomic E-state index is 11.4. The number of ketones is 2. The van der Waals surface area contributed by atoms with Crippen LogP contribution in [-0.4, -0.2) is 11.6 Å². The van der Waals surface area contributed by atoms with Crippen molar-refractivity contribution in [2.24, 2.45) is 17.8 Å². The molecule has 2 heteroatoms. The zero-order valence-corrected chi connectivity index (χ0v) is 6.67. The molecule has 2 saturated carbocycles. The Morgan fingerprint density at radius 2 is 1.82 bits per heavy atom. The van der Waals surface area contributed by atoms with Crippen molar-refractivity contribution in [2.75, 3.05) is 0 Å². The first kappa shape index (κ1) is 7.01. The van der Waals surface area contributed by atoms with Crippen molar-refractivity contribution < 1.29 is 9.59 Å². The second-order valence-corrected chi connectivity index (χ2v) is 3.76. The number of hydrogen-bond acceptors (Lipinski definition) is 2. The van der Waals surface area contributed by atoms with Crippen LogP contribution in [0.5, 0.6) is 0 Å². The van der Waals surface area contributed by atoms with Gasteiger partial charge in [0.05, 0.1) is 0 Å². The number of carbonyl (C=O) groups is 2. The number of carbonyl (C=O) groups excluding carboxylic acids is 2. The van der Waals surface area contributed by atoms with E-state index in [9.17, 15) is 9.59 Å². The van der Waals surface area contributed by atoms with Crippen molar-refractivity contribution in [1.82, 2.24) is 0 Å². The standard InChI is InChI=1S/C9H12O2/c1-5-4-8(10)6-2-3-7(6)9(5)11/h5-7H,2-4H2,1H3. The van der Waals surface area contributed by atoms with E-state index in [0.717, 1.165) is 12.8 Å². The average Bonchev–Trinajstić information content (AvgIpc) is 1.81. The average molecular weight is 152 g/mol. The fourth-order valence-electron chi connectivity index (χ4n) is 2.15. The number of hydrogen-bond donors (Lipinski definition) is 0. The molecule has 0 saturated heterocycles. The van der Waals surface area contributed by atoms with E-state index in [4.69, 9.17) is 0 Å². The second kappa shape index (κ2) is 2.16. The normalized spacial score (nSPS) is 43.2. The van der Waals surface area contributed by atoms with Crippen LogP contribution < -0.4 is 0 Å². The van der Waals surface area contributed by atoms with Gasteiger partial charge in [-0.25, -0.2) is 0 Å². The molecule has 11 heavy (non-hydrogen) atoms. The summed E-state index contributed by atoms with van der Waals surface area (Å²) in [5.74, 6) is 0.906. The molecule has 2 fully saturated rings. The topological polar surface area (TPSA) is 34.1 Å². The number of fused-ring (bicyclic) bond motifs is 1. The Morgan fingerprint density at radius 1 is 1.18 bits per heavy atom. The Balaban J connectivity index is 2.19. The van der Waals surface area contributed by atoms with Gasteiger partial charge in [-0.05, 0) is 12.8 Å². The Labute approximate surface area is 66.0 Å². The molecule has 0 radical (unpaired) electrons. The summed E-state index contributed by atoms with van der Waals surface area (Å²) < 4.78 is 0. The van der Waals surface area contributed by atoms with Crippen LogP contribution >= 0.6 is 0 Å².